The number of halogens is 1. The third-order valence-electron chi connectivity index (χ3n) is 3.02. The largest absolute Gasteiger partial charge is 0.489 e. The summed E-state index contributed by atoms with van der Waals surface area (Å²) in [7, 11) is 0. The normalized spacial score (nSPS) is 10.4. The Morgan fingerprint density at radius 3 is 2.43 bits per heavy atom. The van der Waals surface area contributed by atoms with Gasteiger partial charge in [0.2, 0.25) is 0 Å². The molecule has 0 saturated heterocycles. The number of hydrogen-bond donors (Lipinski definition) is 2. The maximum atomic E-state index is 10.8. The van der Waals surface area contributed by atoms with Crippen molar-refractivity contribution < 1.29 is 19.7 Å². The van der Waals surface area contributed by atoms with Crippen molar-refractivity contribution in [2.24, 2.45) is 0 Å². The molecule has 0 spiro atoms. The molecule has 21 heavy (non-hydrogen) atoms. The third kappa shape index (κ3) is 4.21. The molecule has 0 bridgehead atoms. The van der Waals surface area contributed by atoms with Crippen LogP contribution in [0, 0.1) is 0 Å². The minimum Gasteiger partial charge on any atom is -0.489 e. The number of rotatable bonds is 6. The van der Waals surface area contributed by atoms with Crippen molar-refractivity contribution in [1.29, 1.82) is 0 Å². The SMILES string of the molecule is O=C(O)c1ccc(COc2ccc(CCO)cc2)c(Cl)c1. The Morgan fingerprint density at radius 2 is 1.86 bits per heavy atom. The predicted molar refractivity (Wildman–Crippen MR) is 80.0 cm³/mol. The summed E-state index contributed by atoms with van der Waals surface area (Å²) < 4.78 is 5.61. The molecule has 4 nitrogen and oxygen atoms in total. The van der Waals surface area contributed by atoms with Crippen LogP contribution >= 0.6 is 11.6 Å². The Bertz CT molecular complexity index is 623. The second-order valence-electron chi connectivity index (χ2n) is 4.52. The molecular weight excluding hydrogens is 292 g/mol. The molecule has 0 aliphatic carbocycles. The lowest BCUT2D eigenvalue weighted by Crippen LogP contribution is -2.00. The molecule has 0 heterocycles. The van der Waals surface area contributed by atoms with Gasteiger partial charge in [-0.1, -0.05) is 29.8 Å². The van der Waals surface area contributed by atoms with E-state index >= 15 is 0 Å². The Labute approximate surface area is 127 Å². The van der Waals surface area contributed by atoms with E-state index in [0.717, 1.165) is 11.1 Å². The van der Waals surface area contributed by atoms with E-state index < -0.39 is 5.97 Å². The molecule has 5 heteroatoms. The van der Waals surface area contributed by atoms with E-state index in [1.54, 1.807) is 6.07 Å². The molecule has 2 rings (SSSR count). The average Bonchev–Trinajstić information content (AvgIpc) is 2.47. The summed E-state index contributed by atoms with van der Waals surface area (Å²) in [5.41, 5.74) is 1.91. The number of aliphatic hydroxyl groups is 1. The van der Waals surface area contributed by atoms with Gasteiger partial charge in [-0.3, -0.25) is 0 Å². The maximum Gasteiger partial charge on any atom is 0.335 e. The zero-order chi connectivity index (χ0) is 15.2. The van der Waals surface area contributed by atoms with E-state index in [4.69, 9.17) is 26.6 Å². The molecule has 0 fully saturated rings. The topological polar surface area (TPSA) is 66.8 Å². The second kappa shape index (κ2) is 7.11. The summed E-state index contributed by atoms with van der Waals surface area (Å²) in [5.74, 6) is -0.320. The van der Waals surface area contributed by atoms with E-state index in [1.165, 1.54) is 12.1 Å². The zero-order valence-electron chi connectivity index (χ0n) is 11.3. The highest BCUT2D eigenvalue weighted by atomic mass is 35.5. The van der Waals surface area contributed by atoms with E-state index in [0.29, 0.717) is 17.2 Å². The first-order valence-electron chi connectivity index (χ1n) is 6.44. The first-order valence-corrected chi connectivity index (χ1v) is 6.82. The number of carboxylic acid groups (broad SMARTS) is 1. The number of benzene rings is 2. The molecule has 0 amide bonds. The van der Waals surface area contributed by atoms with Crippen LogP contribution in [-0.2, 0) is 13.0 Å². The summed E-state index contributed by atoms with van der Waals surface area (Å²) in [4.78, 5) is 10.8. The van der Waals surface area contributed by atoms with Crippen LogP contribution in [0.15, 0.2) is 42.5 Å². The molecule has 0 aromatic heterocycles. The van der Waals surface area contributed by atoms with Crippen LogP contribution in [0.4, 0.5) is 0 Å². The van der Waals surface area contributed by atoms with Crippen LogP contribution in [0.5, 0.6) is 5.75 Å². The lowest BCUT2D eigenvalue weighted by Gasteiger charge is -2.09. The standard InChI is InChI=1S/C16H15ClO4/c17-15-9-12(16(19)20)3-4-13(15)10-21-14-5-1-11(2-6-14)7-8-18/h1-6,9,18H,7-8,10H2,(H,19,20). The average molecular weight is 307 g/mol. The summed E-state index contributed by atoms with van der Waals surface area (Å²) in [6.45, 7) is 0.379. The van der Waals surface area contributed by atoms with Gasteiger partial charge in [-0.2, -0.15) is 0 Å². The first kappa shape index (κ1) is 15.4. The maximum absolute atomic E-state index is 10.8. The van der Waals surface area contributed by atoms with Gasteiger partial charge in [-0.25, -0.2) is 4.79 Å². The van der Waals surface area contributed by atoms with Crippen LogP contribution in [0.25, 0.3) is 0 Å². The Balaban J connectivity index is 2.01. The van der Waals surface area contributed by atoms with Crippen molar-refractivity contribution in [1.82, 2.24) is 0 Å². The van der Waals surface area contributed by atoms with Crippen LogP contribution in [0.2, 0.25) is 5.02 Å². The summed E-state index contributed by atoms with van der Waals surface area (Å²) in [5, 5.41) is 18.1. The van der Waals surface area contributed by atoms with Crippen LogP contribution in [-0.4, -0.2) is 22.8 Å². The van der Waals surface area contributed by atoms with Crippen molar-refractivity contribution in [3.05, 3.63) is 64.2 Å². The number of ether oxygens (including phenoxy) is 1. The zero-order valence-corrected chi connectivity index (χ0v) is 12.0. The summed E-state index contributed by atoms with van der Waals surface area (Å²) in [6, 6.07) is 12.0. The van der Waals surface area contributed by atoms with Gasteiger partial charge >= 0.3 is 5.97 Å². The lowest BCUT2D eigenvalue weighted by atomic mass is 10.1. The van der Waals surface area contributed by atoms with Gasteiger partial charge in [-0.15, -0.1) is 0 Å². The lowest BCUT2D eigenvalue weighted by molar-refractivity contribution is 0.0697. The van der Waals surface area contributed by atoms with Gasteiger partial charge in [0, 0.05) is 17.2 Å². The molecule has 0 aliphatic heterocycles. The van der Waals surface area contributed by atoms with Crippen molar-refractivity contribution >= 4 is 17.6 Å². The van der Waals surface area contributed by atoms with Crippen molar-refractivity contribution in [2.45, 2.75) is 13.0 Å². The number of hydrogen-bond acceptors (Lipinski definition) is 3. The molecule has 2 aromatic rings. The fraction of sp³-hybridized carbons (Fsp3) is 0.188. The molecule has 2 aromatic carbocycles. The van der Waals surface area contributed by atoms with E-state index in [1.807, 2.05) is 24.3 Å². The second-order valence-corrected chi connectivity index (χ2v) is 4.92. The number of aromatic carboxylic acids is 1. The van der Waals surface area contributed by atoms with E-state index in [2.05, 4.69) is 0 Å². The smallest absolute Gasteiger partial charge is 0.335 e. The molecule has 0 aliphatic rings. The Kier molecular flexibility index (Phi) is 5.20. The highest BCUT2D eigenvalue weighted by Crippen LogP contribution is 2.21. The van der Waals surface area contributed by atoms with Gasteiger partial charge in [0.25, 0.3) is 0 Å². The molecule has 110 valence electrons. The number of carboxylic acids is 1. The molecule has 0 saturated carbocycles. The van der Waals surface area contributed by atoms with Crippen LogP contribution < -0.4 is 4.74 Å². The van der Waals surface area contributed by atoms with Crippen molar-refractivity contribution in [3.63, 3.8) is 0 Å². The van der Waals surface area contributed by atoms with Gasteiger partial charge in [0.05, 0.1) is 5.56 Å². The predicted octanol–water partition coefficient (Wildman–Crippen LogP) is 3.15. The fourth-order valence-electron chi connectivity index (χ4n) is 1.84. The van der Waals surface area contributed by atoms with Crippen LogP contribution in [0.3, 0.4) is 0 Å². The number of aliphatic hydroxyl groups excluding tert-OH is 1. The Morgan fingerprint density at radius 1 is 1.14 bits per heavy atom. The highest BCUT2D eigenvalue weighted by Gasteiger charge is 2.07. The monoisotopic (exact) mass is 306 g/mol. The third-order valence-corrected chi connectivity index (χ3v) is 3.37. The van der Waals surface area contributed by atoms with Gasteiger partial charge in [0.1, 0.15) is 12.4 Å². The minimum atomic E-state index is -1.01. The van der Waals surface area contributed by atoms with Gasteiger partial charge in [0.15, 0.2) is 0 Å². The minimum absolute atomic E-state index is 0.117. The molecule has 0 radical (unpaired) electrons. The quantitative estimate of drug-likeness (QED) is 0.860. The van der Waals surface area contributed by atoms with Crippen LogP contribution in [0.1, 0.15) is 21.5 Å². The summed E-state index contributed by atoms with van der Waals surface area (Å²) >= 11 is 6.04. The Hall–Kier alpha value is -2.04. The molecule has 0 atom stereocenters. The first-order chi connectivity index (χ1) is 10.1. The fourth-order valence-corrected chi connectivity index (χ4v) is 2.08. The molecule has 2 N–H and O–H groups in total. The number of carbonyl (C=O) groups is 1. The van der Waals surface area contributed by atoms with Crippen molar-refractivity contribution in [3.8, 4) is 5.75 Å². The highest BCUT2D eigenvalue weighted by molar-refractivity contribution is 6.31. The summed E-state index contributed by atoms with van der Waals surface area (Å²) in [6.07, 6.45) is 0.614. The van der Waals surface area contributed by atoms with Gasteiger partial charge < -0.3 is 14.9 Å². The van der Waals surface area contributed by atoms with E-state index in [-0.39, 0.29) is 18.8 Å². The van der Waals surface area contributed by atoms with E-state index in [9.17, 15) is 4.79 Å². The molecule has 0 unspecified atom stereocenters. The van der Waals surface area contributed by atoms with Crippen molar-refractivity contribution in [2.75, 3.05) is 6.61 Å². The molecular formula is C16H15ClO4. The van der Waals surface area contributed by atoms with Gasteiger partial charge in [-0.05, 0) is 36.2 Å².